The van der Waals surface area contributed by atoms with E-state index in [1.807, 2.05) is 0 Å². The minimum atomic E-state index is -4.41. The predicted octanol–water partition coefficient (Wildman–Crippen LogP) is 0.681. The first-order valence-electron chi connectivity index (χ1n) is 2.76. The Hall–Kier alpha value is -0.290. The Morgan fingerprint density at radius 3 is 1.80 bits per heavy atom. The summed E-state index contributed by atoms with van der Waals surface area (Å²) in [5.74, 6) is 0. The third-order valence-corrected chi connectivity index (χ3v) is 0.997. The normalized spacial score (nSPS) is 18.6. The SMILES string of the molecule is CC(O)C(O)CC(F)(F)F. The van der Waals surface area contributed by atoms with Crippen molar-refractivity contribution in [1.82, 2.24) is 0 Å². The Morgan fingerprint density at radius 1 is 1.30 bits per heavy atom. The van der Waals surface area contributed by atoms with Gasteiger partial charge < -0.3 is 10.2 Å². The minimum absolute atomic E-state index is 1.11. The van der Waals surface area contributed by atoms with Gasteiger partial charge in [-0.3, -0.25) is 0 Å². The summed E-state index contributed by atoms with van der Waals surface area (Å²) in [6.45, 7) is 1.11. The molecule has 0 bridgehead atoms. The number of hydrogen-bond donors (Lipinski definition) is 2. The Balaban J connectivity index is 3.68. The van der Waals surface area contributed by atoms with Gasteiger partial charge in [-0.2, -0.15) is 13.2 Å². The van der Waals surface area contributed by atoms with Gasteiger partial charge in [-0.1, -0.05) is 0 Å². The van der Waals surface area contributed by atoms with E-state index in [2.05, 4.69) is 0 Å². The molecule has 0 saturated carbocycles. The highest BCUT2D eigenvalue weighted by atomic mass is 19.4. The Labute approximate surface area is 56.3 Å². The number of hydrogen-bond acceptors (Lipinski definition) is 2. The molecule has 0 spiro atoms. The first-order valence-corrected chi connectivity index (χ1v) is 2.76. The largest absolute Gasteiger partial charge is 0.391 e. The lowest BCUT2D eigenvalue weighted by molar-refractivity contribution is -0.164. The van der Waals surface area contributed by atoms with E-state index in [-0.39, 0.29) is 0 Å². The molecule has 62 valence electrons. The van der Waals surface area contributed by atoms with Crippen molar-refractivity contribution in [2.45, 2.75) is 31.7 Å². The van der Waals surface area contributed by atoms with Crippen LogP contribution in [0, 0.1) is 0 Å². The highest BCUT2D eigenvalue weighted by Gasteiger charge is 2.32. The maximum absolute atomic E-state index is 11.4. The van der Waals surface area contributed by atoms with Crippen LogP contribution in [0.4, 0.5) is 13.2 Å². The van der Waals surface area contributed by atoms with Crippen LogP contribution < -0.4 is 0 Å². The summed E-state index contributed by atoms with van der Waals surface area (Å²) in [5, 5.41) is 16.9. The second kappa shape index (κ2) is 3.21. The summed E-state index contributed by atoms with van der Waals surface area (Å²) in [7, 11) is 0. The van der Waals surface area contributed by atoms with Gasteiger partial charge in [-0.15, -0.1) is 0 Å². The van der Waals surface area contributed by atoms with E-state index in [1.54, 1.807) is 0 Å². The van der Waals surface area contributed by atoms with Crippen LogP contribution in [0.15, 0.2) is 0 Å². The number of alkyl halides is 3. The van der Waals surface area contributed by atoms with Crippen LogP contribution in [-0.4, -0.2) is 28.6 Å². The first kappa shape index (κ1) is 9.71. The second-order valence-electron chi connectivity index (χ2n) is 2.13. The topological polar surface area (TPSA) is 40.5 Å². The van der Waals surface area contributed by atoms with Gasteiger partial charge >= 0.3 is 6.18 Å². The fourth-order valence-electron chi connectivity index (χ4n) is 0.408. The van der Waals surface area contributed by atoms with Gasteiger partial charge in [0, 0.05) is 0 Å². The molecule has 0 radical (unpaired) electrons. The Morgan fingerprint density at radius 2 is 1.70 bits per heavy atom. The van der Waals surface area contributed by atoms with Gasteiger partial charge in [0.15, 0.2) is 0 Å². The molecule has 0 aliphatic rings. The van der Waals surface area contributed by atoms with Gasteiger partial charge in [-0.25, -0.2) is 0 Å². The van der Waals surface area contributed by atoms with Gasteiger partial charge in [-0.05, 0) is 6.92 Å². The van der Waals surface area contributed by atoms with Crippen LogP contribution in [0.5, 0.6) is 0 Å². The maximum atomic E-state index is 11.4. The molecular weight excluding hydrogens is 149 g/mol. The van der Waals surface area contributed by atoms with Crippen LogP contribution in [0.3, 0.4) is 0 Å². The molecule has 2 nitrogen and oxygen atoms in total. The van der Waals surface area contributed by atoms with E-state index in [1.165, 1.54) is 0 Å². The summed E-state index contributed by atoms with van der Waals surface area (Å²) < 4.78 is 34.2. The zero-order valence-electron chi connectivity index (χ0n) is 5.39. The van der Waals surface area contributed by atoms with Crippen LogP contribution in [-0.2, 0) is 0 Å². The lowest BCUT2D eigenvalue weighted by atomic mass is 10.1. The van der Waals surface area contributed by atoms with Gasteiger partial charge in [0.2, 0.25) is 0 Å². The van der Waals surface area contributed by atoms with Crippen molar-refractivity contribution >= 4 is 0 Å². The summed E-state index contributed by atoms with van der Waals surface area (Å²) in [5.41, 5.74) is 0. The fraction of sp³-hybridized carbons (Fsp3) is 1.00. The minimum Gasteiger partial charge on any atom is -0.391 e. The van der Waals surface area contributed by atoms with Crippen molar-refractivity contribution in [3.05, 3.63) is 0 Å². The molecule has 0 aliphatic carbocycles. The first-order chi connectivity index (χ1) is 4.33. The standard InChI is InChI=1S/C5H9F3O2/c1-3(9)4(10)2-5(6,7)8/h3-4,9-10H,2H2,1H3. The summed E-state index contributed by atoms with van der Waals surface area (Å²) in [6, 6.07) is 0. The molecule has 0 rings (SSSR count). The van der Waals surface area contributed by atoms with Crippen molar-refractivity contribution in [2.24, 2.45) is 0 Å². The molecule has 0 saturated heterocycles. The van der Waals surface area contributed by atoms with E-state index < -0.39 is 24.8 Å². The molecule has 5 heteroatoms. The zero-order valence-corrected chi connectivity index (χ0v) is 5.39. The van der Waals surface area contributed by atoms with Crippen molar-refractivity contribution in [1.29, 1.82) is 0 Å². The average molecular weight is 158 g/mol. The second-order valence-corrected chi connectivity index (χ2v) is 2.13. The molecule has 0 aromatic rings. The number of rotatable bonds is 2. The van der Waals surface area contributed by atoms with E-state index in [9.17, 15) is 13.2 Å². The summed E-state index contributed by atoms with van der Waals surface area (Å²) in [6.07, 6.45) is -8.80. The molecule has 0 heterocycles. The average Bonchev–Trinajstić information content (AvgIpc) is 1.60. The van der Waals surface area contributed by atoms with Crippen molar-refractivity contribution in [2.75, 3.05) is 0 Å². The van der Waals surface area contributed by atoms with Gasteiger partial charge in [0.05, 0.1) is 18.6 Å². The smallest absolute Gasteiger partial charge is 0.391 e. The van der Waals surface area contributed by atoms with E-state index >= 15 is 0 Å². The summed E-state index contributed by atoms with van der Waals surface area (Å²) in [4.78, 5) is 0. The maximum Gasteiger partial charge on any atom is 0.391 e. The predicted molar refractivity (Wildman–Crippen MR) is 28.4 cm³/mol. The molecule has 0 aromatic carbocycles. The number of aliphatic hydroxyl groups is 2. The molecule has 0 aromatic heterocycles. The quantitative estimate of drug-likeness (QED) is 0.620. The molecule has 0 fully saturated rings. The molecule has 2 atom stereocenters. The van der Waals surface area contributed by atoms with Crippen molar-refractivity contribution in [3.63, 3.8) is 0 Å². The third-order valence-electron chi connectivity index (χ3n) is 0.997. The fourth-order valence-corrected chi connectivity index (χ4v) is 0.408. The van der Waals surface area contributed by atoms with Crippen LogP contribution in [0.1, 0.15) is 13.3 Å². The monoisotopic (exact) mass is 158 g/mol. The third kappa shape index (κ3) is 4.58. The molecule has 2 N–H and O–H groups in total. The van der Waals surface area contributed by atoms with E-state index in [0.717, 1.165) is 6.92 Å². The molecule has 2 unspecified atom stereocenters. The van der Waals surface area contributed by atoms with E-state index in [0.29, 0.717) is 0 Å². The Kier molecular flexibility index (Phi) is 3.11. The summed E-state index contributed by atoms with van der Waals surface area (Å²) >= 11 is 0. The molecule has 10 heavy (non-hydrogen) atoms. The van der Waals surface area contributed by atoms with Crippen molar-refractivity contribution in [3.8, 4) is 0 Å². The van der Waals surface area contributed by atoms with Gasteiger partial charge in [0.25, 0.3) is 0 Å². The van der Waals surface area contributed by atoms with E-state index in [4.69, 9.17) is 10.2 Å². The highest BCUT2D eigenvalue weighted by molar-refractivity contribution is 4.66. The lowest BCUT2D eigenvalue weighted by Gasteiger charge is -2.14. The van der Waals surface area contributed by atoms with Crippen molar-refractivity contribution < 1.29 is 23.4 Å². The number of aliphatic hydroxyl groups excluding tert-OH is 2. The van der Waals surface area contributed by atoms with Crippen LogP contribution in [0.2, 0.25) is 0 Å². The lowest BCUT2D eigenvalue weighted by Crippen LogP contribution is -2.28. The van der Waals surface area contributed by atoms with Gasteiger partial charge in [0.1, 0.15) is 0 Å². The molecule has 0 amide bonds. The molecule has 0 aliphatic heterocycles. The van der Waals surface area contributed by atoms with Crippen LogP contribution in [0.25, 0.3) is 0 Å². The highest BCUT2D eigenvalue weighted by Crippen LogP contribution is 2.22. The Bertz CT molecular complexity index is 99.6. The zero-order chi connectivity index (χ0) is 8.36. The number of halogens is 3. The van der Waals surface area contributed by atoms with Crippen LogP contribution >= 0.6 is 0 Å². The molecular formula is C5H9F3O2.